The third kappa shape index (κ3) is 3.12. The van der Waals surface area contributed by atoms with Gasteiger partial charge >= 0.3 is 5.29 Å². The lowest BCUT2D eigenvalue weighted by Crippen LogP contribution is -2.29. The second-order valence-electron chi connectivity index (χ2n) is 3.23. The summed E-state index contributed by atoms with van der Waals surface area (Å²) in [4.78, 5) is 2.13. The Hall–Kier alpha value is -0.320. The third-order valence-electron chi connectivity index (χ3n) is 2.29. The predicted octanol–water partition coefficient (Wildman–Crippen LogP) is 0.202. The van der Waals surface area contributed by atoms with Crippen LogP contribution in [0.2, 0.25) is 0 Å². The highest BCUT2D eigenvalue weighted by molar-refractivity contribution is 6.63. The highest BCUT2D eigenvalue weighted by Crippen LogP contribution is 2.04. The van der Waals surface area contributed by atoms with Gasteiger partial charge in [0.2, 0.25) is 0 Å². The molecule has 1 aliphatic heterocycles. The van der Waals surface area contributed by atoms with Crippen LogP contribution in [0.25, 0.3) is 0 Å². The smallest absolute Gasteiger partial charge is 0.345 e. The highest BCUT2D eigenvalue weighted by atomic mass is 35.5. The molecule has 0 unspecified atom stereocenters. The van der Waals surface area contributed by atoms with Crippen molar-refractivity contribution < 1.29 is 14.0 Å². The van der Waals surface area contributed by atoms with Gasteiger partial charge in [0, 0.05) is 25.8 Å². The molecule has 1 rings (SSSR count). The van der Waals surface area contributed by atoms with E-state index >= 15 is 0 Å². The second-order valence-corrected chi connectivity index (χ2v) is 3.57. The first kappa shape index (κ1) is 11.8. The van der Waals surface area contributed by atoms with Crippen molar-refractivity contribution in [1.29, 1.82) is 0 Å². The Balaban J connectivity index is 2.38. The number of methoxy groups -OCH3 is 2. The first-order valence-electron chi connectivity index (χ1n) is 4.79. The quantitative estimate of drug-likeness (QED) is 0.473. The number of amidine groups is 1. The highest BCUT2D eigenvalue weighted by Gasteiger charge is 2.27. The minimum Gasteiger partial charge on any atom is -0.381 e. The van der Waals surface area contributed by atoms with E-state index in [1.54, 1.807) is 14.2 Å². The van der Waals surface area contributed by atoms with Crippen molar-refractivity contribution in [2.45, 2.75) is 0 Å². The molecule has 4 nitrogen and oxygen atoms in total. The van der Waals surface area contributed by atoms with Gasteiger partial charge in [-0.1, -0.05) is 0 Å². The topological polar surface area (TPSA) is 24.7 Å². The van der Waals surface area contributed by atoms with Crippen molar-refractivity contribution in [1.82, 2.24) is 4.90 Å². The van der Waals surface area contributed by atoms with Gasteiger partial charge in [-0.05, 0) is 0 Å². The fraction of sp³-hybridized carbons (Fsp3) is 0.889. The number of nitrogens with zero attached hydrogens (tertiary/aromatic N) is 2. The molecule has 0 fully saturated rings. The zero-order valence-corrected chi connectivity index (χ0v) is 9.59. The SMILES string of the molecule is COCCN1CC[N+](CCOC)=C1Cl. The molecular formula is C9H18ClN2O2+. The maximum absolute atomic E-state index is 6.17. The minimum absolute atomic E-state index is 0.717. The Morgan fingerprint density at radius 2 is 2.07 bits per heavy atom. The van der Waals surface area contributed by atoms with Crippen LogP contribution >= 0.6 is 11.6 Å². The average molecular weight is 222 g/mol. The predicted molar refractivity (Wildman–Crippen MR) is 56.2 cm³/mol. The summed E-state index contributed by atoms with van der Waals surface area (Å²) in [6.07, 6.45) is 0. The Morgan fingerprint density at radius 3 is 2.71 bits per heavy atom. The first-order chi connectivity index (χ1) is 6.79. The van der Waals surface area contributed by atoms with Crippen molar-refractivity contribution in [3.8, 4) is 0 Å². The standard InChI is InChI=1S/C9H18ClN2O2/c1-13-7-5-11-3-4-12(9(11)10)6-8-14-2/h3-8H2,1-2H3/q+1. The van der Waals surface area contributed by atoms with Gasteiger partial charge in [0.15, 0.2) is 0 Å². The molecule has 0 aliphatic carbocycles. The number of hydrogen-bond acceptors (Lipinski definition) is 3. The summed E-state index contributed by atoms with van der Waals surface area (Å²) < 4.78 is 12.1. The Labute approximate surface area is 90.0 Å². The van der Waals surface area contributed by atoms with E-state index in [1.807, 2.05) is 0 Å². The van der Waals surface area contributed by atoms with Crippen LogP contribution in [0.15, 0.2) is 0 Å². The number of ether oxygens (including phenoxy) is 2. The molecular weight excluding hydrogens is 204 g/mol. The Bertz CT molecular complexity index is 209. The van der Waals surface area contributed by atoms with E-state index in [-0.39, 0.29) is 0 Å². The molecule has 0 atom stereocenters. The second kappa shape index (κ2) is 6.22. The van der Waals surface area contributed by atoms with Gasteiger partial charge in [-0.2, -0.15) is 0 Å². The lowest BCUT2D eigenvalue weighted by atomic mass is 10.5. The van der Waals surface area contributed by atoms with Crippen molar-refractivity contribution in [3.63, 3.8) is 0 Å². The molecule has 5 heteroatoms. The van der Waals surface area contributed by atoms with Crippen molar-refractivity contribution in [3.05, 3.63) is 0 Å². The molecule has 0 spiro atoms. The molecule has 0 aromatic carbocycles. The number of rotatable bonds is 6. The van der Waals surface area contributed by atoms with Gasteiger partial charge in [-0.3, -0.25) is 0 Å². The molecule has 0 aromatic rings. The Kier molecular flexibility index (Phi) is 5.22. The maximum Gasteiger partial charge on any atom is 0.345 e. The zero-order chi connectivity index (χ0) is 10.4. The molecule has 0 radical (unpaired) electrons. The molecule has 1 aliphatic rings. The minimum atomic E-state index is 0.717. The van der Waals surface area contributed by atoms with Crippen LogP contribution < -0.4 is 0 Å². The van der Waals surface area contributed by atoms with Crippen LogP contribution in [-0.4, -0.2) is 68.4 Å². The summed E-state index contributed by atoms with van der Waals surface area (Å²) in [6, 6.07) is 0. The summed E-state index contributed by atoms with van der Waals surface area (Å²) in [5.74, 6) is 0. The van der Waals surface area contributed by atoms with Crippen LogP contribution in [0.3, 0.4) is 0 Å². The van der Waals surface area contributed by atoms with Gasteiger partial charge in [0.1, 0.15) is 26.2 Å². The summed E-state index contributed by atoms with van der Waals surface area (Å²) in [7, 11) is 3.40. The van der Waals surface area contributed by atoms with E-state index in [2.05, 4.69) is 9.48 Å². The van der Waals surface area contributed by atoms with E-state index in [1.165, 1.54) is 0 Å². The number of hydrogen-bond donors (Lipinski definition) is 0. The Morgan fingerprint density at radius 1 is 1.36 bits per heavy atom. The normalized spacial score (nSPS) is 16.9. The first-order valence-corrected chi connectivity index (χ1v) is 5.17. The molecule has 0 saturated heterocycles. The van der Waals surface area contributed by atoms with Crippen LogP contribution in [0, 0.1) is 0 Å². The van der Waals surface area contributed by atoms with Crippen molar-refractivity contribution in [2.75, 3.05) is 53.6 Å². The number of halogens is 1. The fourth-order valence-electron chi connectivity index (χ4n) is 1.44. The molecule has 0 aromatic heterocycles. The van der Waals surface area contributed by atoms with E-state index in [0.29, 0.717) is 13.2 Å². The average Bonchev–Trinajstić information content (AvgIpc) is 2.54. The van der Waals surface area contributed by atoms with Gasteiger partial charge in [-0.15, -0.1) is 0 Å². The fourth-order valence-corrected chi connectivity index (χ4v) is 1.78. The van der Waals surface area contributed by atoms with Gasteiger partial charge in [0.25, 0.3) is 0 Å². The maximum atomic E-state index is 6.17. The molecule has 14 heavy (non-hydrogen) atoms. The molecule has 0 bridgehead atoms. The van der Waals surface area contributed by atoms with E-state index in [4.69, 9.17) is 21.1 Å². The molecule has 0 saturated carbocycles. The largest absolute Gasteiger partial charge is 0.381 e. The summed E-state index contributed by atoms with van der Waals surface area (Å²) in [6.45, 7) is 5.11. The van der Waals surface area contributed by atoms with Crippen LogP contribution in [0.4, 0.5) is 0 Å². The molecule has 0 amide bonds. The summed E-state index contributed by atoms with van der Waals surface area (Å²) >= 11 is 6.17. The zero-order valence-electron chi connectivity index (χ0n) is 8.83. The summed E-state index contributed by atoms with van der Waals surface area (Å²) in [5, 5.41) is 0.819. The van der Waals surface area contributed by atoms with Gasteiger partial charge < -0.3 is 9.47 Å². The monoisotopic (exact) mass is 221 g/mol. The van der Waals surface area contributed by atoms with Gasteiger partial charge in [0.05, 0.1) is 13.2 Å². The van der Waals surface area contributed by atoms with E-state index < -0.39 is 0 Å². The van der Waals surface area contributed by atoms with Gasteiger partial charge in [-0.25, -0.2) is 9.48 Å². The van der Waals surface area contributed by atoms with Crippen LogP contribution in [-0.2, 0) is 9.47 Å². The third-order valence-corrected chi connectivity index (χ3v) is 2.77. The van der Waals surface area contributed by atoms with Crippen molar-refractivity contribution in [2.24, 2.45) is 0 Å². The summed E-state index contributed by atoms with van der Waals surface area (Å²) in [5.41, 5.74) is 0. The van der Waals surface area contributed by atoms with Crippen molar-refractivity contribution >= 4 is 16.9 Å². The molecule has 82 valence electrons. The lowest BCUT2D eigenvalue weighted by Gasteiger charge is -2.07. The molecule has 0 N–H and O–H groups in total. The van der Waals surface area contributed by atoms with Crippen LogP contribution in [0.1, 0.15) is 0 Å². The van der Waals surface area contributed by atoms with Crippen LogP contribution in [0.5, 0.6) is 0 Å². The van der Waals surface area contributed by atoms with E-state index in [0.717, 1.165) is 31.5 Å². The lowest BCUT2D eigenvalue weighted by molar-refractivity contribution is -0.518. The van der Waals surface area contributed by atoms with E-state index in [9.17, 15) is 0 Å². The molecule has 1 heterocycles.